The van der Waals surface area contributed by atoms with Gasteiger partial charge in [-0.15, -0.1) is 0 Å². The maximum absolute atomic E-state index is 11.9. The van der Waals surface area contributed by atoms with Crippen LogP contribution in [0.15, 0.2) is 43.0 Å². The fourth-order valence-corrected chi connectivity index (χ4v) is 1.87. The third-order valence-corrected chi connectivity index (χ3v) is 2.84. The van der Waals surface area contributed by atoms with Gasteiger partial charge in [0.2, 0.25) is 0 Å². The molecule has 0 bridgehead atoms. The van der Waals surface area contributed by atoms with Crippen LogP contribution in [-0.4, -0.2) is 22.0 Å². The Balaban J connectivity index is 1.83. The third kappa shape index (κ3) is 3.84. The maximum Gasteiger partial charge on any atom is 0.251 e. The second-order valence-corrected chi connectivity index (χ2v) is 4.70. The number of nitrogens with zero attached hydrogens (tertiary/aromatic N) is 2. The van der Waals surface area contributed by atoms with Crippen molar-refractivity contribution in [3.63, 3.8) is 0 Å². The van der Waals surface area contributed by atoms with Gasteiger partial charge in [0, 0.05) is 36.7 Å². The number of carbonyl (C=O) groups is 1. The van der Waals surface area contributed by atoms with Crippen LogP contribution in [0.2, 0.25) is 0 Å². The summed E-state index contributed by atoms with van der Waals surface area (Å²) in [5, 5.41) is 2.91. The Kier molecular flexibility index (Phi) is 4.18. The minimum absolute atomic E-state index is 0.0928. The highest BCUT2D eigenvalue weighted by atomic mass is 16.1. The van der Waals surface area contributed by atoms with Crippen LogP contribution < -0.4 is 11.1 Å². The minimum atomic E-state index is -0.0928. The molecule has 1 heterocycles. The van der Waals surface area contributed by atoms with Crippen molar-refractivity contribution in [1.29, 1.82) is 0 Å². The summed E-state index contributed by atoms with van der Waals surface area (Å²) in [6, 6.07) is 6.97. The summed E-state index contributed by atoms with van der Waals surface area (Å²) in [5.74, 6) is 0.240. The van der Waals surface area contributed by atoms with E-state index in [2.05, 4.69) is 17.2 Å². The zero-order valence-electron chi connectivity index (χ0n) is 10.9. The summed E-state index contributed by atoms with van der Waals surface area (Å²) in [7, 11) is 0. The van der Waals surface area contributed by atoms with Crippen molar-refractivity contribution in [2.45, 2.75) is 13.5 Å². The number of imidazole rings is 1. The van der Waals surface area contributed by atoms with Gasteiger partial charge in [-0.05, 0) is 24.1 Å². The number of nitrogen functional groups attached to an aromatic ring is 1. The van der Waals surface area contributed by atoms with Gasteiger partial charge in [-0.2, -0.15) is 0 Å². The summed E-state index contributed by atoms with van der Waals surface area (Å²) >= 11 is 0. The Morgan fingerprint density at radius 2 is 2.37 bits per heavy atom. The quantitative estimate of drug-likeness (QED) is 0.799. The van der Waals surface area contributed by atoms with E-state index >= 15 is 0 Å². The Bertz CT molecular complexity index is 536. The number of carbonyl (C=O) groups excluding carboxylic acids is 1. The van der Waals surface area contributed by atoms with Crippen LogP contribution in [0.5, 0.6) is 0 Å². The average molecular weight is 258 g/mol. The predicted molar refractivity (Wildman–Crippen MR) is 74.6 cm³/mol. The van der Waals surface area contributed by atoms with Gasteiger partial charge in [0.15, 0.2) is 0 Å². The minimum Gasteiger partial charge on any atom is -0.399 e. The molecule has 2 rings (SSSR count). The number of benzene rings is 1. The van der Waals surface area contributed by atoms with Gasteiger partial charge in [-0.25, -0.2) is 4.98 Å². The van der Waals surface area contributed by atoms with E-state index < -0.39 is 0 Å². The Morgan fingerprint density at radius 3 is 3.05 bits per heavy atom. The molecule has 1 aromatic heterocycles. The Morgan fingerprint density at radius 1 is 1.53 bits per heavy atom. The standard InChI is InChI=1S/C14H18N4O/c1-11(9-18-6-5-16-10-18)8-17-14(19)12-3-2-4-13(15)7-12/h2-7,10-11H,8-9,15H2,1H3,(H,17,19). The molecule has 3 N–H and O–H groups in total. The van der Waals surface area contributed by atoms with Gasteiger partial charge in [0.25, 0.3) is 5.91 Å². The summed E-state index contributed by atoms with van der Waals surface area (Å²) in [6.45, 7) is 3.53. The van der Waals surface area contributed by atoms with Gasteiger partial charge in [-0.3, -0.25) is 4.79 Å². The average Bonchev–Trinajstić information content (AvgIpc) is 2.88. The van der Waals surface area contributed by atoms with Gasteiger partial charge < -0.3 is 15.6 Å². The third-order valence-electron chi connectivity index (χ3n) is 2.84. The van der Waals surface area contributed by atoms with E-state index in [9.17, 15) is 4.79 Å². The van der Waals surface area contributed by atoms with Crippen molar-refractivity contribution in [2.75, 3.05) is 12.3 Å². The van der Waals surface area contributed by atoms with E-state index in [0.29, 0.717) is 23.7 Å². The normalized spacial score (nSPS) is 12.1. The number of rotatable bonds is 5. The predicted octanol–water partition coefficient (Wildman–Crippen LogP) is 1.53. The number of aromatic nitrogens is 2. The molecular weight excluding hydrogens is 240 g/mol. The molecule has 0 spiro atoms. The molecule has 1 unspecified atom stereocenters. The lowest BCUT2D eigenvalue weighted by Gasteiger charge is -2.13. The first-order valence-electron chi connectivity index (χ1n) is 6.24. The van der Waals surface area contributed by atoms with Gasteiger partial charge in [0.1, 0.15) is 0 Å². The molecule has 0 aliphatic rings. The van der Waals surface area contributed by atoms with Gasteiger partial charge in [0.05, 0.1) is 6.33 Å². The second-order valence-electron chi connectivity index (χ2n) is 4.70. The molecule has 5 nitrogen and oxygen atoms in total. The molecule has 0 aliphatic carbocycles. The van der Waals surface area contributed by atoms with Crippen molar-refractivity contribution in [3.8, 4) is 0 Å². The SMILES string of the molecule is CC(CNC(=O)c1cccc(N)c1)Cn1ccnc1. The number of amides is 1. The highest BCUT2D eigenvalue weighted by Gasteiger charge is 2.08. The fraction of sp³-hybridized carbons (Fsp3) is 0.286. The molecule has 1 amide bonds. The second kappa shape index (κ2) is 6.04. The molecule has 2 aromatic rings. The highest BCUT2D eigenvalue weighted by Crippen LogP contribution is 2.06. The number of nitrogens with two attached hydrogens (primary N) is 1. The molecule has 100 valence electrons. The van der Waals surface area contributed by atoms with Crippen LogP contribution in [-0.2, 0) is 6.54 Å². The Labute approximate surface area is 112 Å². The molecule has 1 aromatic carbocycles. The highest BCUT2D eigenvalue weighted by molar-refractivity contribution is 5.94. The number of nitrogens with one attached hydrogen (secondary N) is 1. The van der Waals surface area contributed by atoms with Crippen LogP contribution in [0, 0.1) is 5.92 Å². The van der Waals surface area contributed by atoms with Crippen molar-refractivity contribution >= 4 is 11.6 Å². The molecule has 0 aliphatic heterocycles. The summed E-state index contributed by atoms with van der Waals surface area (Å²) in [4.78, 5) is 15.9. The topological polar surface area (TPSA) is 72.9 Å². The smallest absolute Gasteiger partial charge is 0.251 e. The van der Waals surface area contributed by atoms with E-state index in [1.165, 1.54) is 0 Å². The van der Waals surface area contributed by atoms with Crippen LogP contribution >= 0.6 is 0 Å². The lowest BCUT2D eigenvalue weighted by Crippen LogP contribution is -2.29. The fourth-order valence-electron chi connectivity index (χ4n) is 1.87. The first-order chi connectivity index (χ1) is 9.15. The first kappa shape index (κ1) is 13.1. The van der Waals surface area contributed by atoms with E-state index in [-0.39, 0.29) is 5.91 Å². The summed E-state index contributed by atoms with van der Waals surface area (Å²) in [5.41, 5.74) is 6.84. The Hall–Kier alpha value is -2.30. The molecule has 0 saturated carbocycles. The first-order valence-corrected chi connectivity index (χ1v) is 6.24. The number of anilines is 1. The molecule has 0 radical (unpaired) electrons. The van der Waals surface area contributed by atoms with Crippen molar-refractivity contribution in [3.05, 3.63) is 48.5 Å². The van der Waals surface area contributed by atoms with Crippen LogP contribution in [0.3, 0.4) is 0 Å². The zero-order valence-corrected chi connectivity index (χ0v) is 10.9. The van der Waals surface area contributed by atoms with Crippen LogP contribution in [0.25, 0.3) is 0 Å². The largest absolute Gasteiger partial charge is 0.399 e. The monoisotopic (exact) mass is 258 g/mol. The maximum atomic E-state index is 11.9. The molecule has 19 heavy (non-hydrogen) atoms. The van der Waals surface area contributed by atoms with Gasteiger partial charge in [-0.1, -0.05) is 13.0 Å². The number of hydrogen-bond acceptors (Lipinski definition) is 3. The van der Waals surface area contributed by atoms with E-state index in [1.807, 2.05) is 10.8 Å². The molecule has 1 atom stereocenters. The summed E-state index contributed by atoms with van der Waals surface area (Å²) in [6.07, 6.45) is 5.43. The van der Waals surface area contributed by atoms with Crippen molar-refractivity contribution < 1.29 is 4.79 Å². The summed E-state index contributed by atoms with van der Waals surface area (Å²) < 4.78 is 2.00. The van der Waals surface area contributed by atoms with Gasteiger partial charge >= 0.3 is 0 Å². The molecule has 0 saturated heterocycles. The molecular formula is C14H18N4O. The lowest BCUT2D eigenvalue weighted by atomic mass is 10.1. The molecule has 5 heteroatoms. The van der Waals surface area contributed by atoms with Crippen molar-refractivity contribution in [2.24, 2.45) is 5.92 Å². The zero-order chi connectivity index (χ0) is 13.7. The van der Waals surface area contributed by atoms with E-state index in [1.54, 1.807) is 36.8 Å². The number of hydrogen-bond donors (Lipinski definition) is 2. The molecule has 0 fully saturated rings. The van der Waals surface area contributed by atoms with E-state index in [4.69, 9.17) is 5.73 Å². The van der Waals surface area contributed by atoms with Crippen LogP contribution in [0.1, 0.15) is 17.3 Å². The van der Waals surface area contributed by atoms with E-state index in [0.717, 1.165) is 6.54 Å². The van der Waals surface area contributed by atoms with Crippen molar-refractivity contribution in [1.82, 2.24) is 14.9 Å². The van der Waals surface area contributed by atoms with Crippen LogP contribution in [0.4, 0.5) is 5.69 Å². The lowest BCUT2D eigenvalue weighted by molar-refractivity contribution is 0.0947.